The third-order valence-corrected chi connectivity index (χ3v) is 5.83. The number of hydrogen-bond donors (Lipinski definition) is 1. The minimum atomic E-state index is 0.0842. The highest BCUT2D eigenvalue weighted by Crippen LogP contribution is 2.31. The van der Waals surface area contributed by atoms with Crippen LogP contribution in [-0.4, -0.2) is 42.1 Å². The molecule has 0 unspecified atom stereocenters. The predicted molar refractivity (Wildman–Crippen MR) is 111 cm³/mol. The van der Waals surface area contributed by atoms with Crippen molar-refractivity contribution in [1.82, 2.24) is 15.3 Å². The highest BCUT2D eigenvalue weighted by Gasteiger charge is 2.28. The molecule has 0 bridgehead atoms. The van der Waals surface area contributed by atoms with Crippen LogP contribution < -0.4 is 15.1 Å². The lowest BCUT2D eigenvalue weighted by atomic mass is 9.95. The fraction of sp³-hybridized carbons (Fsp3) is 0.500. The zero-order chi connectivity index (χ0) is 19.3. The van der Waals surface area contributed by atoms with Crippen LogP contribution in [0, 0.1) is 12.8 Å². The number of benzene rings is 1. The molecule has 0 radical (unpaired) electrons. The summed E-state index contributed by atoms with van der Waals surface area (Å²) in [7, 11) is 0. The van der Waals surface area contributed by atoms with E-state index in [1.54, 1.807) is 6.33 Å². The van der Waals surface area contributed by atoms with Gasteiger partial charge in [-0.25, -0.2) is 9.97 Å². The molecule has 6 nitrogen and oxygen atoms in total. The molecule has 0 saturated carbocycles. The van der Waals surface area contributed by atoms with Crippen LogP contribution >= 0.6 is 0 Å². The summed E-state index contributed by atoms with van der Waals surface area (Å²) in [6, 6.07) is 8.29. The lowest BCUT2D eigenvalue weighted by molar-refractivity contribution is -0.125. The number of hydrogen-bond acceptors (Lipinski definition) is 5. The van der Waals surface area contributed by atoms with Gasteiger partial charge in [0.1, 0.15) is 6.33 Å². The zero-order valence-corrected chi connectivity index (χ0v) is 16.6. The first kappa shape index (κ1) is 18.7. The molecule has 1 amide bonds. The van der Waals surface area contributed by atoms with Gasteiger partial charge in [0.2, 0.25) is 5.91 Å². The van der Waals surface area contributed by atoms with E-state index in [2.05, 4.69) is 50.2 Å². The van der Waals surface area contributed by atoms with Crippen molar-refractivity contribution in [2.24, 2.45) is 5.92 Å². The van der Waals surface area contributed by atoms with Crippen LogP contribution in [-0.2, 0) is 11.3 Å². The predicted octanol–water partition coefficient (Wildman–Crippen LogP) is 2.92. The molecule has 1 aromatic carbocycles. The molecule has 28 heavy (non-hydrogen) atoms. The molecule has 4 rings (SSSR count). The largest absolute Gasteiger partial charge is 0.367 e. The van der Waals surface area contributed by atoms with Gasteiger partial charge in [-0.05, 0) is 38.2 Å². The van der Waals surface area contributed by atoms with Crippen LogP contribution in [0.3, 0.4) is 0 Å². The maximum absolute atomic E-state index is 12.6. The van der Waals surface area contributed by atoms with Crippen molar-refractivity contribution in [2.75, 3.05) is 36.0 Å². The van der Waals surface area contributed by atoms with Gasteiger partial charge in [0.15, 0.2) is 5.82 Å². The molecule has 6 heteroatoms. The van der Waals surface area contributed by atoms with Crippen LogP contribution in [0.25, 0.3) is 0 Å². The third kappa shape index (κ3) is 4.26. The van der Waals surface area contributed by atoms with Crippen LogP contribution in [0.5, 0.6) is 0 Å². The Labute approximate surface area is 167 Å². The summed E-state index contributed by atoms with van der Waals surface area (Å²) >= 11 is 0. The average Bonchev–Trinajstić information content (AvgIpc) is 3.27. The van der Waals surface area contributed by atoms with Crippen molar-refractivity contribution in [2.45, 2.75) is 39.2 Å². The minimum Gasteiger partial charge on any atom is -0.367 e. The summed E-state index contributed by atoms with van der Waals surface area (Å²) in [5, 5.41) is 3.12. The SMILES string of the molecule is Cc1cccc(CNC(=O)C2CCN(c3cncnc3N3CCCC3)CC2)c1. The Balaban J connectivity index is 1.33. The van der Waals surface area contributed by atoms with Gasteiger partial charge in [-0.2, -0.15) is 0 Å². The summed E-state index contributed by atoms with van der Waals surface area (Å²) in [5.74, 6) is 1.31. The van der Waals surface area contributed by atoms with Gasteiger partial charge >= 0.3 is 0 Å². The molecule has 148 valence electrons. The van der Waals surface area contributed by atoms with Gasteiger partial charge in [0.25, 0.3) is 0 Å². The van der Waals surface area contributed by atoms with Gasteiger partial charge in [0.05, 0.1) is 11.9 Å². The van der Waals surface area contributed by atoms with Gasteiger partial charge in [-0.15, -0.1) is 0 Å². The van der Waals surface area contributed by atoms with Crippen LogP contribution in [0.15, 0.2) is 36.8 Å². The second-order valence-electron chi connectivity index (χ2n) is 7.89. The maximum atomic E-state index is 12.6. The number of nitrogens with one attached hydrogen (secondary N) is 1. The van der Waals surface area contributed by atoms with Gasteiger partial charge < -0.3 is 15.1 Å². The van der Waals surface area contributed by atoms with Gasteiger partial charge in [0, 0.05) is 38.6 Å². The van der Waals surface area contributed by atoms with E-state index in [1.807, 2.05) is 12.3 Å². The fourth-order valence-corrected chi connectivity index (χ4v) is 4.25. The maximum Gasteiger partial charge on any atom is 0.223 e. The molecular formula is C22H29N5O. The Kier molecular flexibility index (Phi) is 5.74. The van der Waals surface area contributed by atoms with Crippen molar-refractivity contribution >= 4 is 17.4 Å². The first-order chi connectivity index (χ1) is 13.7. The van der Waals surface area contributed by atoms with Crippen molar-refractivity contribution in [3.05, 3.63) is 47.9 Å². The molecule has 0 atom stereocenters. The molecule has 1 N–H and O–H groups in total. The molecule has 1 aromatic heterocycles. The number of nitrogens with zero attached hydrogens (tertiary/aromatic N) is 4. The lowest BCUT2D eigenvalue weighted by Crippen LogP contribution is -2.41. The summed E-state index contributed by atoms with van der Waals surface area (Å²) in [6.45, 7) is 6.56. The minimum absolute atomic E-state index is 0.0842. The molecule has 2 aliphatic heterocycles. The molecule has 0 spiro atoms. The van der Waals surface area contributed by atoms with Gasteiger partial charge in [-0.3, -0.25) is 4.79 Å². The third-order valence-electron chi connectivity index (χ3n) is 5.83. The molecule has 2 fully saturated rings. The van der Waals surface area contributed by atoms with E-state index in [0.717, 1.165) is 56.1 Å². The number of amides is 1. The monoisotopic (exact) mass is 379 g/mol. The molecule has 2 aliphatic rings. The van der Waals surface area contributed by atoms with E-state index >= 15 is 0 Å². The van der Waals surface area contributed by atoms with Crippen molar-refractivity contribution in [3.63, 3.8) is 0 Å². The number of piperidine rings is 1. The molecule has 3 heterocycles. The second kappa shape index (κ2) is 8.59. The van der Waals surface area contributed by atoms with E-state index in [-0.39, 0.29) is 11.8 Å². The molecule has 2 saturated heterocycles. The Bertz CT molecular complexity index is 810. The van der Waals surface area contributed by atoms with E-state index in [1.165, 1.54) is 18.4 Å². The van der Waals surface area contributed by atoms with E-state index in [4.69, 9.17) is 0 Å². The smallest absolute Gasteiger partial charge is 0.223 e. The second-order valence-corrected chi connectivity index (χ2v) is 7.89. The molecule has 0 aliphatic carbocycles. The van der Waals surface area contributed by atoms with Crippen LogP contribution in [0.4, 0.5) is 11.5 Å². The van der Waals surface area contributed by atoms with E-state index in [0.29, 0.717) is 6.54 Å². The Hall–Kier alpha value is -2.63. The van der Waals surface area contributed by atoms with Crippen molar-refractivity contribution in [1.29, 1.82) is 0 Å². The highest BCUT2D eigenvalue weighted by molar-refractivity contribution is 5.79. The number of carbonyl (C=O) groups excluding carboxylic acids is 1. The standard InChI is InChI=1S/C22H29N5O/c1-17-5-4-6-18(13-17)14-24-22(28)19-7-11-26(12-8-19)20-15-23-16-25-21(20)27-9-2-3-10-27/h4-6,13,15-16,19H,2-3,7-12,14H2,1H3,(H,24,28). The number of rotatable bonds is 5. The van der Waals surface area contributed by atoms with E-state index < -0.39 is 0 Å². The van der Waals surface area contributed by atoms with E-state index in [9.17, 15) is 4.79 Å². The molecular weight excluding hydrogens is 350 g/mol. The fourth-order valence-electron chi connectivity index (χ4n) is 4.25. The first-order valence-electron chi connectivity index (χ1n) is 10.3. The zero-order valence-electron chi connectivity index (χ0n) is 16.6. The highest BCUT2D eigenvalue weighted by atomic mass is 16.1. The molecule has 2 aromatic rings. The Morgan fingerprint density at radius 3 is 2.68 bits per heavy atom. The summed E-state index contributed by atoms with van der Waals surface area (Å²) in [5.41, 5.74) is 3.49. The van der Waals surface area contributed by atoms with Gasteiger partial charge in [-0.1, -0.05) is 29.8 Å². The number of carbonyl (C=O) groups is 1. The normalized spacial score (nSPS) is 17.8. The average molecular weight is 380 g/mol. The summed E-state index contributed by atoms with van der Waals surface area (Å²) in [4.78, 5) is 26.1. The van der Waals surface area contributed by atoms with Crippen LogP contribution in [0.1, 0.15) is 36.8 Å². The summed E-state index contributed by atoms with van der Waals surface area (Å²) in [6.07, 6.45) is 7.77. The lowest BCUT2D eigenvalue weighted by Gasteiger charge is -2.34. The Morgan fingerprint density at radius 2 is 1.93 bits per heavy atom. The summed E-state index contributed by atoms with van der Waals surface area (Å²) < 4.78 is 0. The topological polar surface area (TPSA) is 61.4 Å². The van der Waals surface area contributed by atoms with Crippen molar-refractivity contribution < 1.29 is 4.79 Å². The van der Waals surface area contributed by atoms with Crippen LogP contribution in [0.2, 0.25) is 0 Å². The number of aromatic nitrogens is 2. The number of anilines is 2. The quantitative estimate of drug-likeness (QED) is 0.866. The Morgan fingerprint density at radius 1 is 1.14 bits per heavy atom. The van der Waals surface area contributed by atoms with Crippen molar-refractivity contribution in [3.8, 4) is 0 Å². The number of aryl methyl sites for hydroxylation is 1. The first-order valence-corrected chi connectivity index (χ1v) is 10.3.